The molecular weight excluding hydrogens is 554 g/mol. The molecule has 3 aromatic carbocycles. The number of rotatable bonds is 2. The number of amides is 2. The van der Waals surface area contributed by atoms with Crippen LogP contribution in [0, 0.1) is 12.8 Å². The van der Waals surface area contributed by atoms with Crippen molar-refractivity contribution in [2.24, 2.45) is 5.92 Å². The molecule has 7 rings (SSSR count). The van der Waals surface area contributed by atoms with Crippen LogP contribution in [0.15, 0.2) is 65.1 Å². The maximum atomic E-state index is 14.8. The molecular formula is C29H23BrClN3O3. The molecule has 3 aromatic rings. The lowest BCUT2D eigenvalue weighted by molar-refractivity contribution is -0.128. The molecule has 37 heavy (non-hydrogen) atoms. The molecule has 0 aliphatic carbocycles. The molecule has 4 atom stereocenters. The van der Waals surface area contributed by atoms with Gasteiger partial charge in [-0.3, -0.25) is 19.3 Å². The van der Waals surface area contributed by atoms with Gasteiger partial charge in [-0.1, -0.05) is 63.9 Å². The number of hydrogen-bond acceptors (Lipinski definition) is 4. The molecule has 2 saturated heterocycles. The summed E-state index contributed by atoms with van der Waals surface area (Å²) in [5.41, 5.74) is 1.44. The van der Waals surface area contributed by atoms with Crippen LogP contribution in [0.3, 0.4) is 0 Å². The number of carbonyl (C=O) groups is 3. The smallest absolute Gasteiger partial charge is 0.250 e. The fourth-order valence-electron chi connectivity index (χ4n) is 7.52. The standard InChI is InChI=1S/C29H23BrClN3O3/c1-15-13-19-23(20(31)14-15)33-27(37)29(19)25(24(35)16-8-10-17(30)11-9-16)28(22-7-4-12-34(22)29)18-5-2-3-6-21(18)32-26(28)36/h2-3,5-6,8-11,13-14,22,25H,4,7,12H2,1H3,(H,32,36)(H,33,37)/t22-,25+,28-,29+/m1/s1. The number of Topliss-reactive ketones (excluding diaryl/α,β-unsaturated/α-hetero) is 1. The van der Waals surface area contributed by atoms with E-state index < -0.39 is 16.9 Å². The largest absolute Gasteiger partial charge is 0.325 e. The summed E-state index contributed by atoms with van der Waals surface area (Å²) in [6.07, 6.45) is 1.53. The van der Waals surface area contributed by atoms with Crippen molar-refractivity contribution in [1.29, 1.82) is 0 Å². The highest BCUT2D eigenvalue weighted by Gasteiger charge is 2.78. The third-order valence-corrected chi connectivity index (χ3v) is 9.55. The summed E-state index contributed by atoms with van der Waals surface area (Å²) in [5.74, 6) is -1.74. The van der Waals surface area contributed by atoms with E-state index in [1.54, 1.807) is 12.1 Å². The molecule has 4 aliphatic heterocycles. The maximum Gasteiger partial charge on any atom is 0.250 e. The molecule has 4 heterocycles. The lowest BCUT2D eigenvalue weighted by Crippen LogP contribution is -2.55. The monoisotopic (exact) mass is 575 g/mol. The van der Waals surface area contributed by atoms with Crippen molar-refractivity contribution in [2.75, 3.05) is 17.2 Å². The van der Waals surface area contributed by atoms with Crippen LogP contribution in [0.4, 0.5) is 11.4 Å². The summed E-state index contributed by atoms with van der Waals surface area (Å²) in [6, 6.07) is 18.2. The predicted molar refractivity (Wildman–Crippen MR) is 145 cm³/mol. The highest BCUT2D eigenvalue weighted by Crippen LogP contribution is 2.66. The molecule has 0 unspecified atom stereocenters. The zero-order valence-corrected chi connectivity index (χ0v) is 22.3. The highest BCUT2D eigenvalue weighted by atomic mass is 79.9. The fraction of sp³-hybridized carbons (Fsp3) is 0.276. The van der Waals surface area contributed by atoms with E-state index in [0.29, 0.717) is 40.5 Å². The van der Waals surface area contributed by atoms with E-state index in [-0.39, 0.29) is 23.6 Å². The van der Waals surface area contributed by atoms with E-state index in [0.717, 1.165) is 22.0 Å². The minimum atomic E-state index is -1.37. The van der Waals surface area contributed by atoms with Crippen LogP contribution >= 0.6 is 27.5 Å². The zero-order valence-electron chi connectivity index (χ0n) is 20.0. The van der Waals surface area contributed by atoms with E-state index in [1.165, 1.54) is 0 Å². The quantitative estimate of drug-likeness (QED) is 0.399. The number of nitrogens with zero attached hydrogens (tertiary/aromatic N) is 1. The second-order valence-corrected chi connectivity index (χ2v) is 11.7. The van der Waals surface area contributed by atoms with Crippen LogP contribution in [0.5, 0.6) is 0 Å². The molecule has 4 aliphatic rings. The Morgan fingerprint density at radius 3 is 2.57 bits per heavy atom. The molecule has 2 spiro atoms. The third kappa shape index (κ3) is 2.72. The first-order valence-electron chi connectivity index (χ1n) is 12.4. The zero-order chi connectivity index (χ0) is 25.7. The van der Waals surface area contributed by atoms with Crippen LogP contribution in [-0.2, 0) is 20.5 Å². The van der Waals surface area contributed by atoms with Crippen molar-refractivity contribution in [2.45, 2.75) is 36.8 Å². The number of aryl methyl sites for hydroxylation is 1. The highest BCUT2D eigenvalue weighted by molar-refractivity contribution is 9.10. The molecule has 0 bridgehead atoms. The van der Waals surface area contributed by atoms with Crippen molar-refractivity contribution in [3.05, 3.63) is 92.4 Å². The van der Waals surface area contributed by atoms with Gasteiger partial charge in [-0.15, -0.1) is 0 Å². The Kier molecular flexibility index (Phi) is 4.85. The first kappa shape index (κ1) is 23.1. The van der Waals surface area contributed by atoms with Crippen molar-refractivity contribution in [1.82, 2.24) is 4.90 Å². The topological polar surface area (TPSA) is 78.5 Å². The van der Waals surface area contributed by atoms with Gasteiger partial charge in [0.1, 0.15) is 11.0 Å². The van der Waals surface area contributed by atoms with Gasteiger partial charge in [-0.2, -0.15) is 0 Å². The molecule has 0 radical (unpaired) electrons. The van der Waals surface area contributed by atoms with Gasteiger partial charge >= 0.3 is 0 Å². The Hall–Kier alpha value is -3.00. The Bertz CT molecular complexity index is 1540. The second-order valence-electron chi connectivity index (χ2n) is 10.4. The number of halogens is 2. The number of fused-ring (bicyclic) bond motifs is 7. The molecule has 6 nitrogen and oxygen atoms in total. The van der Waals surface area contributed by atoms with E-state index in [1.807, 2.05) is 55.5 Å². The van der Waals surface area contributed by atoms with Gasteiger partial charge in [0, 0.05) is 27.3 Å². The molecule has 8 heteroatoms. The summed E-state index contributed by atoms with van der Waals surface area (Å²) in [5, 5.41) is 6.53. The fourth-order valence-corrected chi connectivity index (χ4v) is 8.10. The minimum Gasteiger partial charge on any atom is -0.325 e. The number of hydrogen-bond donors (Lipinski definition) is 2. The van der Waals surface area contributed by atoms with Crippen LogP contribution in [0.1, 0.15) is 39.9 Å². The Morgan fingerprint density at radius 2 is 1.78 bits per heavy atom. The Morgan fingerprint density at radius 1 is 1.03 bits per heavy atom. The Balaban J connectivity index is 1.60. The normalized spacial score (nSPS) is 29.4. The van der Waals surface area contributed by atoms with Crippen LogP contribution in [-0.4, -0.2) is 35.1 Å². The first-order chi connectivity index (χ1) is 17.8. The van der Waals surface area contributed by atoms with Gasteiger partial charge in [-0.05, 0) is 61.7 Å². The summed E-state index contributed by atoms with van der Waals surface area (Å²) >= 11 is 10.1. The molecule has 186 valence electrons. The van der Waals surface area contributed by atoms with Crippen molar-refractivity contribution >= 4 is 56.5 Å². The van der Waals surface area contributed by atoms with Crippen molar-refractivity contribution < 1.29 is 14.4 Å². The maximum absolute atomic E-state index is 14.8. The molecule has 0 saturated carbocycles. The Labute approximate surface area is 227 Å². The second kappa shape index (κ2) is 7.76. The van der Waals surface area contributed by atoms with Gasteiger partial charge in [-0.25, -0.2) is 0 Å². The van der Waals surface area contributed by atoms with Crippen molar-refractivity contribution in [3.8, 4) is 0 Å². The van der Waals surface area contributed by atoms with Gasteiger partial charge < -0.3 is 10.6 Å². The van der Waals surface area contributed by atoms with E-state index in [2.05, 4.69) is 31.5 Å². The van der Waals surface area contributed by atoms with E-state index in [4.69, 9.17) is 11.6 Å². The molecule has 2 N–H and O–H groups in total. The van der Waals surface area contributed by atoms with Crippen molar-refractivity contribution in [3.63, 3.8) is 0 Å². The summed E-state index contributed by atoms with van der Waals surface area (Å²) in [6.45, 7) is 2.53. The number of benzene rings is 3. The van der Waals surface area contributed by atoms with Gasteiger partial charge in [0.05, 0.1) is 16.6 Å². The minimum absolute atomic E-state index is 0.224. The van der Waals surface area contributed by atoms with Crippen LogP contribution in [0.2, 0.25) is 5.02 Å². The summed E-state index contributed by atoms with van der Waals surface area (Å²) < 4.78 is 0.843. The van der Waals surface area contributed by atoms with Gasteiger partial charge in [0.25, 0.3) is 0 Å². The molecule has 0 aromatic heterocycles. The average molecular weight is 577 g/mol. The summed E-state index contributed by atoms with van der Waals surface area (Å²) in [7, 11) is 0. The molecule has 2 amide bonds. The SMILES string of the molecule is Cc1cc(Cl)c2c(c1)[C@@]1(C(=O)N2)[C@@H](C(=O)c2ccc(Br)cc2)[C@]2(C(=O)Nc3ccccc32)[C@H]2CCCN21. The van der Waals surface area contributed by atoms with Crippen LogP contribution < -0.4 is 10.6 Å². The number of anilines is 2. The first-order valence-corrected chi connectivity index (χ1v) is 13.6. The predicted octanol–water partition coefficient (Wildman–Crippen LogP) is 5.43. The summed E-state index contributed by atoms with van der Waals surface area (Å²) in [4.78, 5) is 45.4. The lowest BCUT2D eigenvalue weighted by atomic mass is 9.60. The van der Waals surface area contributed by atoms with Gasteiger partial charge in [0.15, 0.2) is 5.78 Å². The van der Waals surface area contributed by atoms with E-state index >= 15 is 0 Å². The number of carbonyl (C=O) groups excluding carboxylic acids is 3. The number of para-hydroxylation sites is 1. The number of ketones is 1. The average Bonchev–Trinajstić information content (AvgIpc) is 3.59. The third-order valence-electron chi connectivity index (χ3n) is 8.72. The van der Waals surface area contributed by atoms with Crippen LogP contribution in [0.25, 0.3) is 0 Å². The van der Waals surface area contributed by atoms with E-state index in [9.17, 15) is 14.4 Å². The lowest BCUT2D eigenvalue weighted by Gasteiger charge is -2.38. The van der Waals surface area contributed by atoms with Gasteiger partial charge in [0.2, 0.25) is 11.8 Å². The molecule has 2 fully saturated rings. The number of nitrogens with one attached hydrogen (secondary N) is 2.